The highest BCUT2D eigenvalue weighted by Gasteiger charge is 2.41. The summed E-state index contributed by atoms with van der Waals surface area (Å²) in [6.07, 6.45) is 5.01. The van der Waals surface area contributed by atoms with E-state index in [4.69, 9.17) is 10.5 Å². The normalized spacial score (nSPS) is 27.1. The van der Waals surface area contributed by atoms with Crippen LogP contribution in [0.15, 0.2) is 24.3 Å². The Morgan fingerprint density at radius 2 is 2.15 bits per heavy atom. The van der Waals surface area contributed by atoms with Gasteiger partial charge in [-0.15, -0.1) is 12.4 Å². The van der Waals surface area contributed by atoms with Crippen LogP contribution in [0.25, 0.3) is 0 Å². The predicted octanol–water partition coefficient (Wildman–Crippen LogP) is 2.06. The largest absolute Gasteiger partial charge is 0.399 e. The summed E-state index contributed by atoms with van der Waals surface area (Å²) in [7, 11) is 0. The average Bonchev–Trinajstić information content (AvgIpc) is 3.00. The van der Waals surface area contributed by atoms with Crippen LogP contribution in [0.4, 0.5) is 5.69 Å². The second-order valence-corrected chi connectivity index (χ2v) is 5.48. The minimum atomic E-state index is 0. The molecule has 20 heavy (non-hydrogen) atoms. The number of ether oxygens (including phenoxy) is 1. The van der Waals surface area contributed by atoms with Crippen LogP contribution in [-0.4, -0.2) is 24.2 Å². The van der Waals surface area contributed by atoms with Gasteiger partial charge < -0.3 is 15.8 Å². The molecular formula is C15H21ClN2O2. The van der Waals surface area contributed by atoms with E-state index in [9.17, 15) is 4.79 Å². The van der Waals surface area contributed by atoms with Crippen LogP contribution >= 0.6 is 12.4 Å². The number of para-hydroxylation sites is 1. The quantitative estimate of drug-likeness (QED) is 0.836. The van der Waals surface area contributed by atoms with E-state index in [0.717, 1.165) is 30.5 Å². The molecule has 1 amide bonds. The van der Waals surface area contributed by atoms with Crippen LogP contribution in [0, 0.1) is 0 Å². The first kappa shape index (κ1) is 15.1. The van der Waals surface area contributed by atoms with Crippen molar-refractivity contribution in [2.75, 3.05) is 5.73 Å². The first-order chi connectivity index (χ1) is 9.22. The van der Waals surface area contributed by atoms with Crippen LogP contribution in [0.3, 0.4) is 0 Å². The molecule has 0 radical (unpaired) electrons. The molecular weight excluding hydrogens is 276 g/mol. The van der Waals surface area contributed by atoms with Crippen molar-refractivity contribution in [1.29, 1.82) is 0 Å². The number of aryl methyl sites for hydroxylation is 1. The minimum Gasteiger partial charge on any atom is -0.399 e. The van der Waals surface area contributed by atoms with E-state index < -0.39 is 0 Å². The molecule has 2 aliphatic heterocycles. The lowest BCUT2D eigenvalue weighted by molar-refractivity contribution is -0.122. The van der Waals surface area contributed by atoms with Gasteiger partial charge in [0, 0.05) is 12.1 Å². The topological polar surface area (TPSA) is 64.4 Å². The summed E-state index contributed by atoms with van der Waals surface area (Å²) in [4.78, 5) is 12.0. The number of nitrogens with two attached hydrogens (primary N) is 1. The zero-order valence-electron chi connectivity index (χ0n) is 11.4. The molecule has 5 heteroatoms. The highest BCUT2D eigenvalue weighted by Crippen LogP contribution is 2.34. The fraction of sp³-hybridized carbons (Fsp3) is 0.533. The van der Waals surface area contributed by atoms with E-state index in [0.29, 0.717) is 18.9 Å². The SMILES string of the molecule is Cl.Nc1ccccc1CCC(=O)NC1CC2CCC1O2. The molecule has 0 aromatic heterocycles. The number of nitrogens with one attached hydrogen (secondary N) is 1. The highest BCUT2D eigenvalue weighted by molar-refractivity contribution is 5.85. The van der Waals surface area contributed by atoms with E-state index >= 15 is 0 Å². The molecule has 0 saturated carbocycles. The van der Waals surface area contributed by atoms with Crippen molar-refractivity contribution in [2.24, 2.45) is 0 Å². The second-order valence-electron chi connectivity index (χ2n) is 5.48. The molecule has 1 aromatic carbocycles. The number of amides is 1. The number of hydrogen-bond donors (Lipinski definition) is 2. The number of nitrogen functional groups attached to an aromatic ring is 1. The fourth-order valence-corrected chi connectivity index (χ4v) is 3.08. The monoisotopic (exact) mass is 296 g/mol. The van der Waals surface area contributed by atoms with Crippen molar-refractivity contribution in [2.45, 2.75) is 50.4 Å². The average molecular weight is 297 g/mol. The zero-order chi connectivity index (χ0) is 13.2. The number of carbonyl (C=O) groups excluding carboxylic acids is 1. The third-order valence-corrected chi connectivity index (χ3v) is 4.13. The number of fused-ring (bicyclic) bond motifs is 2. The summed E-state index contributed by atoms with van der Waals surface area (Å²) in [5, 5.41) is 3.10. The van der Waals surface area contributed by atoms with Gasteiger partial charge in [-0.3, -0.25) is 4.79 Å². The van der Waals surface area contributed by atoms with E-state index in [-0.39, 0.29) is 30.5 Å². The Morgan fingerprint density at radius 1 is 1.35 bits per heavy atom. The Morgan fingerprint density at radius 3 is 2.80 bits per heavy atom. The van der Waals surface area contributed by atoms with Gasteiger partial charge in [-0.25, -0.2) is 0 Å². The van der Waals surface area contributed by atoms with Crippen molar-refractivity contribution in [3.8, 4) is 0 Å². The standard InChI is InChI=1S/C15H20N2O2.ClH/c16-12-4-2-1-3-10(12)5-8-15(18)17-13-9-11-6-7-14(13)19-11;/h1-4,11,13-14H,5-9,16H2,(H,17,18);1H. The summed E-state index contributed by atoms with van der Waals surface area (Å²) in [5.74, 6) is 0.101. The molecule has 110 valence electrons. The molecule has 0 aliphatic carbocycles. The lowest BCUT2D eigenvalue weighted by Gasteiger charge is -2.20. The Hall–Kier alpha value is -1.26. The predicted molar refractivity (Wildman–Crippen MR) is 80.9 cm³/mol. The molecule has 4 nitrogen and oxygen atoms in total. The van der Waals surface area contributed by atoms with Gasteiger partial charge in [-0.1, -0.05) is 18.2 Å². The van der Waals surface area contributed by atoms with Crippen LogP contribution in [0.1, 0.15) is 31.2 Å². The maximum atomic E-state index is 12.0. The number of hydrogen-bond acceptors (Lipinski definition) is 3. The molecule has 2 fully saturated rings. The first-order valence-electron chi connectivity index (χ1n) is 7.00. The van der Waals surface area contributed by atoms with Gasteiger partial charge in [-0.05, 0) is 37.3 Å². The molecule has 3 unspecified atom stereocenters. The van der Waals surface area contributed by atoms with Crippen LogP contribution < -0.4 is 11.1 Å². The number of benzene rings is 1. The molecule has 0 spiro atoms. The van der Waals surface area contributed by atoms with Gasteiger partial charge in [-0.2, -0.15) is 0 Å². The van der Waals surface area contributed by atoms with Crippen molar-refractivity contribution in [3.63, 3.8) is 0 Å². The summed E-state index contributed by atoms with van der Waals surface area (Å²) in [6, 6.07) is 7.93. The molecule has 3 N–H and O–H groups in total. The maximum Gasteiger partial charge on any atom is 0.220 e. The third-order valence-electron chi connectivity index (χ3n) is 4.13. The lowest BCUT2D eigenvalue weighted by atomic mass is 9.95. The number of carbonyl (C=O) groups is 1. The van der Waals surface area contributed by atoms with E-state index in [1.807, 2.05) is 24.3 Å². The molecule has 2 heterocycles. The number of rotatable bonds is 4. The third kappa shape index (κ3) is 3.25. The highest BCUT2D eigenvalue weighted by atomic mass is 35.5. The molecule has 2 bridgehead atoms. The summed E-state index contributed by atoms with van der Waals surface area (Å²) >= 11 is 0. The summed E-state index contributed by atoms with van der Waals surface area (Å²) in [5.41, 5.74) is 7.67. The van der Waals surface area contributed by atoms with Crippen LogP contribution in [-0.2, 0) is 16.0 Å². The van der Waals surface area contributed by atoms with Crippen LogP contribution in [0.2, 0.25) is 0 Å². The van der Waals surface area contributed by atoms with Gasteiger partial charge in [0.05, 0.1) is 18.2 Å². The fourth-order valence-electron chi connectivity index (χ4n) is 3.08. The Kier molecular flexibility index (Phi) is 4.89. The van der Waals surface area contributed by atoms with Crippen molar-refractivity contribution in [1.82, 2.24) is 5.32 Å². The van der Waals surface area contributed by atoms with Gasteiger partial charge in [0.25, 0.3) is 0 Å². The lowest BCUT2D eigenvalue weighted by Crippen LogP contribution is -2.41. The molecule has 2 aliphatic rings. The molecule has 2 saturated heterocycles. The molecule has 3 rings (SSSR count). The molecule has 3 atom stereocenters. The maximum absolute atomic E-state index is 12.0. The smallest absolute Gasteiger partial charge is 0.220 e. The number of anilines is 1. The van der Waals surface area contributed by atoms with E-state index in [1.54, 1.807) is 0 Å². The van der Waals surface area contributed by atoms with Crippen LogP contribution in [0.5, 0.6) is 0 Å². The Labute approximate surface area is 125 Å². The first-order valence-corrected chi connectivity index (χ1v) is 7.00. The second kappa shape index (κ2) is 6.46. The van der Waals surface area contributed by atoms with E-state index in [1.165, 1.54) is 0 Å². The Bertz CT molecular complexity index is 481. The van der Waals surface area contributed by atoms with Gasteiger partial charge in [0.2, 0.25) is 5.91 Å². The minimum absolute atomic E-state index is 0. The van der Waals surface area contributed by atoms with E-state index in [2.05, 4.69) is 5.32 Å². The number of halogens is 1. The summed E-state index contributed by atoms with van der Waals surface area (Å²) < 4.78 is 5.73. The van der Waals surface area contributed by atoms with Crippen molar-refractivity contribution < 1.29 is 9.53 Å². The van der Waals surface area contributed by atoms with Gasteiger partial charge in [0.15, 0.2) is 0 Å². The van der Waals surface area contributed by atoms with Crippen molar-refractivity contribution in [3.05, 3.63) is 29.8 Å². The van der Waals surface area contributed by atoms with Gasteiger partial charge in [0.1, 0.15) is 0 Å². The Balaban J connectivity index is 0.00000147. The molecule has 1 aromatic rings. The van der Waals surface area contributed by atoms with Gasteiger partial charge >= 0.3 is 0 Å². The zero-order valence-corrected chi connectivity index (χ0v) is 12.2. The summed E-state index contributed by atoms with van der Waals surface area (Å²) in [6.45, 7) is 0. The van der Waals surface area contributed by atoms with Crippen molar-refractivity contribution >= 4 is 24.0 Å².